The quantitative estimate of drug-likeness (QED) is 0.388. The van der Waals surface area contributed by atoms with Crippen LogP contribution < -0.4 is 4.90 Å². The van der Waals surface area contributed by atoms with Gasteiger partial charge in [-0.15, -0.1) is 0 Å². The molecule has 10 nitrogen and oxygen atoms in total. The Morgan fingerprint density at radius 1 is 1.03 bits per heavy atom. The molecule has 1 saturated heterocycles. The van der Waals surface area contributed by atoms with Gasteiger partial charge in [-0.3, -0.25) is 29.5 Å². The van der Waals surface area contributed by atoms with Crippen molar-refractivity contribution in [2.45, 2.75) is 11.8 Å². The molecular weight excluding hydrogens is 424 g/mol. The average molecular weight is 444 g/mol. The van der Waals surface area contributed by atoms with E-state index in [1.54, 1.807) is 12.1 Å². The van der Waals surface area contributed by atoms with Crippen molar-refractivity contribution in [3.8, 4) is 0 Å². The molecule has 0 N–H and O–H groups in total. The highest BCUT2D eigenvalue weighted by molar-refractivity contribution is 7.89. The predicted molar refractivity (Wildman–Crippen MR) is 111 cm³/mol. The first-order chi connectivity index (χ1) is 14.7. The molecule has 0 saturated carbocycles. The van der Waals surface area contributed by atoms with Gasteiger partial charge in [0.2, 0.25) is 10.0 Å². The van der Waals surface area contributed by atoms with E-state index >= 15 is 0 Å². The molecule has 2 aromatic carbocycles. The lowest BCUT2D eigenvalue weighted by Gasteiger charge is -2.35. The number of hydrogen-bond acceptors (Lipinski definition) is 7. The first-order valence-corrected chi connectivity index (χ1v) is 11.1. The van der Waals surface area contributed by atoms with E-state index in [9.17, 15) is 28.1 Å². The molecule has 0 unspecified atom stereocenters. The molecule has 2 aromatic rings. The molecule has 2 aliphatic heterocycles. The summed E-state index contributed by atoms with van der Waals surface area (Å²) in [6, 6.07) is 10.5. The molecule has 11 heteroatoms. The molecule has 0 bridgehead atoms. The highest BCUT2D eigenvalue weighted by Gasteiger charge is 2.38. The molecule has 31 heavy (non-hydrogen) atoms. The number of anilines is 1. The van der Waals surface area contributed by atoms with Gasteiger partial charge in [-0.25, -0.2) is 8.42 Å². The van der Waals surface area contributed by atoms with Gasteiger partial charge < -0.3 is 0 Å². The number of amides is 1. The molecule has 2 aliphatic rings. The Morgan fingerprint density at radius 2 is 1.71 bits per heavy atom. The fraction of sp³-hybridized carbons (Fsp3) is 0.300. The molecule has 1 fully saturated rings. The summed E-state index contributed by atoms with van der Waals surface area (Å²) >= 11 is 0. The third-order valence-electron chi connectivity index (χ3n) is 5.48. The number of rotatable bonds is 5. The minimum Gasteiger partial charge on any atom is -0.291 e. The molecule has 162 valence electrons. The van der Waals surface area contributed by atoms with E-state index in [1.807, 2.05) is 17.9 Å². The summed E-state index contributed by atoms with van der Waals surface area (Å²) in [5, 5.41) is 11.2. The second-order valence-electron chi connectivity index (χ2n) is 7.47. The van der Waals surface area contributed by atoms with Crippen molar-refractivity contribution in [2.24, 2.45) is 0 Å². The number of aryl methyl sites for hydroxylation is 1. The van der Waals surface area contributed by atoms with E-state index in [2.05, 4.69) is 0 Å². The van der Waals surface area contributed by atoms with Crippen molar-refractivity contribution in [3.05, 3.63) is 63.7 Å². The zero-order chi connectivity index (χ0) is 22.3. The molecule has 0 spiro atoms. The molecule has 0 aliphatic carbocycles. The Hall–Kier alpha value is -3.15. The van der Waals surface area contributed by atoms with Crippen LogP contribution in [0.4, 0.5) is 11.4 Å². The molecule has 1 amide bonds. The first-order valence-electron chi connectivity index (χ1n) is 9.63. The summed E-state index contributed by atoms with van der Waals surface area (Å²) in [5.41, 5.74) is 1.35. The van der Waals surface area contributed by atoms with Gasteiger partial charge in [0.05, 0.1) is 22.8 Å². The SMILES string of the molecule is Cc1ccc2c(c1)C(=O)C(=O)N2CN1CCN(S(=O)(=O)c2ccccc2[N+](=O)[O-])CC1. The van der Waals surface area contributed by atoms with Crippen LogP contribution >= 0.6 is 0 Å². The zero-order valence-electron chi connectivity index (χ0n) is 16.7. The van der Waals surface area contributed by atoms with Gasteiger partial charge in [-0.1, -0.05) is 23.8 Å². The minimum absolute atomic E-state index is 0.116. The summed E-state index contributed by atoms with van der Waals surface area (Å²) in [6.45, 7) is 2.88. The van der Waals surface area contributed by atoms with E-state index in [0.717, 1.165) is 11.6 Å². The summed E-state index contributed by atoms with van der Waals surface area (Å²) in [7, 11) is -4.03. The Balaban J connectivity index is 1.47. The maximum atomic E-state index is 12.9. The topological polar surface area (TPSA) is 121 Å². The average Bonchev–Trinajstić information content (AvgIpc) is 2.98. The van der Waals surface area contributed by atoms with E-state index in [1.165, 1.54) is 27.4 Å². The van der Waals surface area contributed by atoms with Crippen molar-refractivity contribution < 1.29 is 22.9 Å². The summed E-state index contributed by atoms with van der Waals surface area (Å²) in [6.07, 6.45) is 0. The third-order valence-corrected chi connectivity index (χ3v) is 7.43. The number of sulfonamides is 1. The van der Waals surface area contributed by atoms with E-state index in [0.29, 0.717) is 24.3 Å². The van der Waals surface area contributed by atoms with Crippen LogP contribution in [-0.4, -0.2) is 67.1 Å². The number of nitrogens with zero attached hydrogens (tertiary/aromatic N) is 4. The van der Waals surface area contributed by atoms with Gasteiger partial charge in [-0.2, -0.15) is 4.31 Å². The maximum Gasteiger partial charge on any atom is 0.300 e. The summed E-state index contributed by atoms with van der Waals surface area (Å²) < 4.78 is 27.1. The lowest BCUT2D eigenvalue weighted by molar-refractivity contribution is -0.387. The predicted octanol–water partition coefficient (Wildman–Crippen LogP) is 1.40. The van der Waals surface area contributed by atoms with Gasteiger partial charge in [-0.05, 0) is 25.1 Å². The number of ketones is 1. The fourth-order valence-electron chi connectivity index (χ4n) is 3.83. The Kier molecular flexibility index (Phi) is 5.33. The van der Waals surface area contributed by atoms with Crippen LogP contribution in [0.25, 0.3) is 0 Å². The van der Waals surface area contributed by atoms with E-state index in [4.69, 9.17) is 0 Å². The highest BCUT2D eigenvalue weighted by atomic mass is 32.2. The number of nitro groups is 1. The van der Waals surface area contributed by atoms with Gasteiger partial charge in [0, 0.05) is 32.2 Å². The number of hydrogen-bond donors (Lipinski definition) is 0. The van der Waals surface area contributed by atoms with Crippen LogP contribution in [0.1, 0.15) is 15.9 Å². The Morgan fingerprint density at radius 3 is 2.39 bits per heavy atom. The van der Waals surface area contributed by atoms with Gasteiger partial charge >= 0.3 is 5.91 Å². The number of benzene rings is 2. The number of fused-ring (bicyclic) bond motifs is 1. The van der Waals surface area contributed by atoms with Crippen molar-refractivity contribution in [1.29, 1.82) is 0 Å². The normalized spacial score (nSPS) is 17.8. The van der Waals surface area contributed by atoms with Gasteiger partial charge in [0.1, 0.15) is 0 Å². The zero-order valence-corrected chi connectivity index (χ0v) is 17.5. The van der Waals surface area contributed by atoms with E-state index < -0.39 is 32.3 Å². The maximum absolute atomic E-state index is 12.9. The second kappa shape index (κ2) is 7.84. The van der Waals surface area contributed by atoms with Crippen LogP contribution in [0.3, 0.4) is 0 Å². The molecule has 4 rings (SSSR count). The minimum atomic E-state index is -4.03. The van der Waals surface area contributed by atoms with Crippen molar-refractivity contribution in [3.63, 3.8) is 0 Å². The molecule has 2 heterocycles. The van der Waals surface area contributed by atoms with E-state index in [-0.39, 0.29) is 24.7 Å². The van der Waals surface area contributed by atoms with Gasteiger partial charge in [0.15, 0.2) is 4.90 Å². The summed E-state index contributed by atoms with van der Waals surface area (Å²) in [5.74, 6) is -1.15. The number of carbonyl (C=O) groups is 2. The standard InChI is InChI=1S/C20H20N4O6S/c1-14-6-7-16-15(12-14)19(25)20(26)23(16)13-21-8-10-22(11-9-21)31(29,30)18-5-3-2-4-17(18)24(27)28/h2-7,12H,8-11,13H2,1H3. The molecule has 0 atom stereocenters. The van der Waals surface area contributed by atoms with Crippen LogP contribution in [-0.2, 0) is 14.8 Å². The third kappa shape index (κ3) is 3.71. The number of carbonyl (C=O) groups excluding carboxylic acids is 2. The van der Waals surface area contributed by atoms with Gasteiger partial charge in [0.25, 0.3) is 11.5 Å². The summed E-state index contributed by atoms with van der Waals surface area (Å²) in [4.78, 5) is 38.2. The lowest BCUT2D eigenvalue weighted by atomic mass is 10.1. The number of Topliss-reactive ketones (excluding diaryl/α,β-unsaturated/α-hetero) is 1. The van der Waals surface area contributed by atoms with Crippen molar-refractivity contribution >= 4 is 33.1 Å². The van der Waals surface area contributed by atoms with Crippen molar-refractivity contribution in [1.82, 2.24) is 9.21 Å². The monoisotopic (exact) mass is 444 g/mol. The molecule has 0 aromatic heterocycles. The number of piperazine rings is 1. The first kappa shape index (κ1) is 21.1. The molecule has 0 radical (unpaired) electrons. The smallest absolute Gasteiger partial charge is 0.291 e. The number of para-hydroxylation sites is 1. The highest BCUT2D eigenvalue weighted by Crippen LogP contribution is 2.31. The Bertz CT molecular complexity index is 1190. The van der Waals surface area contributed by atoms with Crippen LogP contribution in [0.15, 0.2) is 47.4 Å². The lowest BCUT2D eigenvalue weighted by Crippen LogP contribution is -2.52. The fourth-order valence-corrected chi connectivity index (χ4v) is 5.41. The Labute approximate surface area is 178 Å². The molecular formula is C20H20N4O6S. The van der Waals surface area contributed by atoms with Crippen molar-refractivity contribution in [2.75, 3.05) is 37.7 Å². The number of nitro benzene ring substituents is 1. The second-order valence-corrected chi connectivity index (χ2v) is 9.38. The van der Waals surface area contributed by atoms with Crippen LogP contribution in [0.2, 0.25) is 0 Å². The van der Waals surface area contributed by atoms with Crippen LogP contribution in [0.5, 0.6) is 0 Å². The largest absolute Gasteiger partial charge is 0.300 e. The van der Waals surface area contributed by atoms with Crippen LogP contribution in [0, 0.1) is 17.0 Å².